The summed E-state index contributed by atoms with van der Waals surface area (Å²) >= 11 is 0. The molecule has 7 heteroatoms. The van der Waals surface area contributed by atoms with Gasteiger partial charge in [-0.3, -0.25) is 4.79 Å². The summed E-state index contributed by atoms with van der Waals surface area (Å²) in [6.07, 6.45) is 4.81. The molecule has 1 fully saturated rings. The molecular weight excluding hydrogens is 402 g/mol. The highest BCUT2D eigenvalue weighted by atomic mass is 16.3. The van der Waals surface area contributed by atoms with Crippen LogP contribution < -0.4 is 16.0 Å². The van der Waals surface area contributed by atoms with Gasteiger partial charge in [-0.2, -0.15) is 0 Å². The Kier molecular flexibility index (Phi) is 5.39. The Hall–Kier alpha value is -3.97. The number of pyridine rings is 2. The number of carbonyl (C=O) groups excluding carboxylic acids is 1. The molecule has 160 valence electrons. The van der Waals surface area contributed by atoms with Crippen LogP contribution in [0.2, 0.25) is 0 Å². The lowest BCUT2D eigenvalue weighted by molar-refractivity contribution is 0.103. The number of nitrogens with zero attached hydrogens (tertiary/aromatic N) is 3. The number of furan rings is 1. The van der Waals surface area contributed by atoms with Crippen molar-refractivity contribution in [2.75, 3.05) is 30.3 Å². The van der Waals surface area contributed by atoms with Gasteiger partial charge in [-0.05, 0) is 29.8 Å². The molecule has 0 amide bonds. The average Bonchev–Trinajstić information content (AvgIpc) is 3.40. The van der Waals surface area contributed by atoms with Crippen molar-refractivity contribution < 1.29 is 9.21 Å². The van der Waals surface area contributed by atoms with Crippen LogP contribution in [0.1, 0.15) is 27.7 Å². The molecule has 1 saturated heterocycles. The van der Waals surface area contributed by atoms with Gasteiger partial charge in [0.1, 0.15) is 17.3 Å². The molecule has 7 nitrogen and oxygen atoms in total. The quantitative estimate of drug-likeness (QED) is 0.471. The number of carbonyl (C=O) groups is 1. The maximum Gasteiger partial charge on any atom is 0.215 e. The number of benzene rings is 1. The summed E-state index contributed by atoms with van der Waals surface area (Å²) < 4.78 is 5.14. The van der Waals surface area contributed by atoms with E-state index in [-0.39, 0.29) is 17.6 Å². The summed E-state index contributed by atoms with van der Waals surface area (Å²) in [4.78, 5) is 24.4. The van der Waals surface area contributed by atoms with E-state index in [2.05, 4.69) is 32.3 Å². The van der Waals surface area contributed by atoms with Crippen molar-refractivity contribution >= 4 is 17.4 Å². The Morgan fingerprint density at radius 2 is 1.97 bits per heavy atom. The zero-order valence-corrected chi connectivity index (χ0v) is 17.4. The molecule has 0 aliphatic carbocycles. The van der Waals surface area contributed by atoms with E-state index in [4.69, 9.17) is 10.2 Å². The van der Waals surface area contributed by atoms with E-state index >= 15 is 0 Å². The fraction of sp³-hybridized carbons (Fsp3) is 0.160. The van der Waals surface area contributed by atoms with Crippen LogP contribution >= 0.6 is 0 Å². The van der Waals surface area contributed by atoms with Gasteiger partial charge in [0.25, 0.3) is 0 Å². The molecule has 1 atom stereocenters. The minimum atomic E-state index is -0.253. The van der Waals surface area contributed by atoms with Crippen molar-refractivity contribution in [2.45, 2.75) is 6.04 Å². The highest BCUT2D eigenvalue weighted by Gasteiger charge is 2.23. The summed E-state index contributed by atoms with van der Waals surface area (Å²) in [6.45, 7) is 2.42. The van der Waals surface area contributed by atoms with Crippen molar-refractivity contribution in [2.24, 2.45) is 0 Å². The third-order valence-electron chi connectivity index (χ3n) is 5.69. The first-order valence-corrected chi connectivity index (χ1v) is 10.5. The summed E-state index contributed by atoms with van der Waals surface area (Å²) in [7, 11) is 0. The van der Waals surface area contributed by atoms with E-state index in [1.54, 1.807) is 30.9 Å². The number of ketones is 1. The normalized spacial score (nSPS) is 16.1. The Morgan fingerprint density at radius 3 is 2.78 bits per heavy atom. The number of hydrogen-bond acceptors (Lipinski definition) is 7. The van der Waals surface area contributed by atoms with Crippen molar-refractivity contribution in [3.8, 4) is 11.1 Å². The molecule has 1 aromatic carbocycles. The zero-order chi connectivity index (χ0) is 21.9. The molecule has 1 aliphatic heterocycles. The first kappa shape index (κ1) is 20.0. The van der Waals surface area contributed by atoms with Gasteiger partial charge < -0.3 is 20.4 Å². The summed E-state index contributed by atoms with van der Waals surface area (Å²) in [5.41, 5.74) is 9.55. The fourth-order valence-electron chi connectivity index (χ4n) is 3.97. The lowest BCUT2D eigenvalue weighted by atomic mass is 10.0. The molecule has 0 spiro atoms. The smallest absolute Gasteiger partial charge is 0.215 e. The van der Waals surface area contributed by atoms with Crippen LogP contribution in [0.4, 0.5) is 11.6 Å². The Balaban J connectivity index is 1.41. The van der Waals surface area contributed by atoms with E-state index in [0.29, 0.717) is 11.3 Å². The molecule has 4 aromatic rings. The molecule has 4 heterocycles. The third kappa shape index (κ3) is 3.98. The second-order valence-electron chi connectivity index (χ2n) is 7.74. The summed E-state index contributed by atoms with van der Waals surface area (Å²) in [5, 5.41) is 3.56. The maximum absolute atomic E-state index is 13.3. The predicted molar refractivity (Wildman–Crippen MR) is 123 cm³/mol. The molecule has 3 aromatic heterocycles. The van der Waals surface area contributed by atoms with Gasteiger partial charge in [-0.25, -0.2) is 9.97 Å². The molecule has 0 bridgehead atoms. The number of nitrogens with two attached hydrogens (primary N) is 1. The highest BCUT2D eigenvalue weighted by Crippen LogP contribution is 2.25. The van der Waals surface area contributed by atoms with Gasteiger partial charge in [0.05, 0.1) is 18.1 Å². The molecular formula is C25H23N5O2. The van der Waals surface area contributed by atoms with Gasteiger partial charge in [-0.1, -0.05) is 36.4 Å². The summed E-state index contributed by atoms with van der Waals surface area (Å²) in [5.74, 6) is 0.702. The minimum absolute atomic E-state index is 0.181. The van der Waals surface area contributed by atoms with Gasteiger partial charge in [0, 0.05) is 43.0 Å². The maximum atomic E-state index is 13.3. The lowest BCUT2D eigenvalue weighted by Crippen LogP contribution is -2.46. The Bertz CT molecular complexity index is 1220. The second-order valence-corrected chi connectivity index (χ2v) is 7.74. The third-order valence-corrected chi connectivity index (χ3v) is 5.69. The highest BCUT2D eigenvalue weighted by molar-refractivity contribution is 6.11. The number of hydrogen-bond donors (Lipinski definition) is 2. The Morgan fingerprint density at radius 1 is 1.09 bits per heavy atom. The van der Waals surface area contributed by atoms with Crippen LogP contribution in [0.15, 0.2) is 83.8 Å². The molecule has 1 aliphatic rings. The van der Waals surface area contributed by atoms with Crippen LogP contribution in [0.5, 0.6) is 0 Å². The van der Waals surface area contributed by atoms with E-state index < -0.39 is 0 Å². The van der Waals surface area contributed by atoms with Crippen LogP contribution in [-0.2, 0) is 0 Å². The Labute approximate surface area is 185 Å². The topological polar surface area (TPSA) is 97.3 Å². The number of nitrogens with one attached hydrogen (secondary N) is 1. The number of nitrogen functional groups attached to an aromatic ring is 1. The average molecular weight is 425 g/mol. The van der Waals surface area contributed by atoms with E-state index in [1.165, 1.54) is 5.56 Å². The first-order valence-electron chi connectivity index (χ1n) is 10.5. The predicted octanol–water partition coefficient (Wildman–Crippen LogP) is 3.70. The van der Waals surface area contributed by atoms with Crippen LogP contribution in [0, 0.1) is 0 Å². The van der Waals surface area contributed by atoms with Crippen molar-refractivity contribution in [3.05, 3.63) is 96.2 Å². The van der Waals surface area contributed by atoms with Crippen LogP contribution in [-0.4, -0.2) is 35.4 Å². The van der Waals surface area contributed by atoms with Crippen molar-refractivity contribution in [1.82, 2.24) is 15.3 Å². The van der Waals surface area contributed by atoms with Crippen LogP contribution in [0.25, 0.3) is 11.1 Å². The van der Waals surface area contributed by atoms with E-state index in [0.717, 1.165) is 36.6 Å². The monoisotopic (exact) mass is 425 g/mol. The summed E-state index contributed by atoms with van der Waals surface area (Å²) in [6, 6.07) is 19.6. The lowest BCUT2D eigenvalue weighted by Gasteiger charge is -2.35. The van der Waals surface area contributed by atoms with Gasteiger partial charge in [-0.15, -0.1) is 0 Å². The van der Waals surface area contributed by atoms with Crippen molar-refractivity contribution in [3.63, 3.8) is 0 Å². The van der Waals surface area contributed by atoms with E-state index in [1.807, 2.05) is 36.4 Å². The fourth-order valence-corrected chi connectivity index (χ4v) is 3.97. The largest absolute Gasteiger partial charge is 0.472 e. The molecule has 3 N–H and O–H groups in total. The number of aromatic nitrogens is 2. The van der Waals surface area contributed by atoms with Gasteiger partial charge >= 0.3 is 0 Å². The zero-order valence-electron chi connectivity index (χ0n) is 17.4. The van der Waals surface area contributed by atoms with E-state index in [9.17, 15) is 4.79 Å². The van der Waals surface area contributed by atoms with Gasteiger partial charge in [0.2, 0.25) is 5.78 Å². The first-order chi connectivity index (χ1) is 15.7. The molecule has 32 heavy (non-hydrogen) atoms. The molecule has 0 saturated carbocycles. The second kappa shape index (κ2) is 8.64. The number of rotatable bonds is 5. The van der Waals surface area contributed by atoms with Crippen molar-refractivity contribution in [1.29, 1.82) is 0 Å². The molecule has 1 unspecified atom stereocenters. The minimum Gasteiger partial charge on any atom is -0.472 e. The standard InChI is InChI=1S/C25H23N5O2/c26-25-20(13-19(14-28-25)18-9-12-32-16-18)24(31)21-7-4-8-23(29-21)30-11-10-27-22(15-30)17-5-2-1-3-6-17/h1-9,12-14,16,22,27H,10-11,15H2,(H2,26,28). The molecule has 5 rings (SSSR count). The van der Waals surface area contributed by atoms with Crippen LogP contribution in [0.3, 0.4) is 0 Å². The SMILES string of the molecule is Nc1ncc(-c2ccoc2)cc1C(=O)c1cccc(N2CCNC(c3ccccc3)C2)n1. The molecule has 0 radical (unpaired) electrons. The number of anilines is 2. The van der Waals surface area contributed by atoms with Gasteiger partial charge in [0.15, 0.2) is 0 Å². The number of piperazine rings is 1.